The molecule has 7 nitrogen and oxygen atoms in total. The molecule has 130 valence electrons. The highest BCUT2D eigenvalue weighted by molar-refractivity contribution is 6.30. The minimum Gasteiger partial charge on any atom is -0.291 e. The van der Waals surface area contributed by atoms with E-state index in [0.717, 1.165) is 5.56 Å². The quantitative estimate of drug-likeness (QED) is 0.712. The van der Waals surface area contributed by atoms with Gasteiger partial charge in [0.1, 0.15) is 12.4 Å². The van der Waals surface area contributed by atoms with Gasteiger partial charge >= 0.3 is 0 Å². The Morgan fingerprint density at radius 1 is 1.32 bits per heavy atom. The van der Waals surface area contributed by atoms with Crippen LogP contribution in [0.25, 0.3) is 0 Å². The van der Waals surface area contributed by atoms with E-state index in [-0.39, 0.29) is 11.9 Å². The Bertz CT molecular complexity index is 875. The normalized spacial score (nSPS) is 12.1. The first kappa shape index (κ1) is 17.4. The van der Waals surface area contributed by atoms with Crippen molar-refractivity contribution in [3.8, 4) is 0 Å². The fourth-order valence-electron chi connectivity index (χ4n) is 2.42. The molecule has 25 heavy (non-hydrogen) atoms. The molecule has 3 aromatic rings. The number of carbonyl (C=O) groups is 1. The predicted octanol–water partition coefficient (Wildman–Crippen LogP) is 3.42. The van der Waals surface area contributed by atoms with Gasteiger partial charge in [0.25, 0.3) is 5.91 Å². The first-order valence-electron chi connectivity index (χ1n) is 7.69. The Morgan fingerprint density at radius 2 is 2.16 bits per heavy atom. The van der Waals surface area contributed by atoms with Crippen LogP contribution in [0.3, 0.4) is 0 Å². The second-order valence-corrected chi connectivity index (χ2v) is 6.32. The van der Waals surface area contributed by atoms with Gasteiger partial charge in [-0.1, -0.05) is 42.3 Å². The van der Waals surface area contributed by atoms with Crippen molar-refractivity contribution in [3.63, 3.8) is 0 Å². The van der Waals surface area contributed by atoms with Gasteiger partial charge in [-0.05, 0) is 24.1 Å². The summed E-state index contributed by atoms with van der Waals surface area (Å²) >= 11 is 11.8. The first-order chi connectivity index (χ1) is 12.0. The number of halogens is 2. The number of nitrogens with zero attached hydrogens (tertiary/aromatic N) is 5. The highest BCUT2D eigenvalue weighted by Crippen LogP contribution is 2.16. The van der Waals surface area contributed by atoms with Gasteiger partial charge in [-0.3, -0.25) is 14.8 Å². The summed E-state index contributed by atoms with van der Waals surface area (Å²) in [5.74, 6) is -0.00787. The molecule has 0 fully saturated rings. The van der Waals surface area contributed by atoms with Crippen LogP contribution in [0.1, 0.15) is 24.9 Å². The second-order valence-electron chi connectivity index (χ2n) is 5.45. The van der Waals surface area contributed by atoms with E-state index in [2.05, 4.69) is 20.5 Å². The smallest absolute Gasteiger partial charge is 0.251 e. The summed E-state index contributed by atoms with van der Waals surface area (Å²) in [5.41, 5.74) is 0.993. The molecule has 0 aliphatic rings. The van der Waals surface area contributed by atoms with Crippen LogP contribution in [-0.2, 0) is 11.3 Å². The standard InChI is InChI=1S/C16H16Cl2N6O/c1-2-14(24-9-13(18)7-20-24)15(25)21-16-19-10-23(22-16)8-11-4-3-5-12(17)6-11/h3-7,9-10,14H,2,8H2,1H3,(H,21,22,25). The first-order valence-corrected chi connectivity index (χ1v) is 8.45. The topological polar surface area (TPSA) is 77.6 Å². The van der Waals surface area contributed by atoms with Gasteiger partial charge in [-0.15, -0.1) is 5.10 Å². The molecule has 1 N–H and O–H groups in total. The fraction of sp³-hybridized carbons (Fsp3) is 0.250. The SMILES string of the molecule is CCC(C(=O)Nc1ncn(Cc2cccc(Cl)c2)n1)n1cc(Cl)cn1. The van der Waals surface area contributed by atoms with Gasteiger partial charge in [-0.2, -0.15) is 5.10 Å². The van der Waals surface area contributed by atoms with E-state index in [1.807, 2.05) is 31.2 Å². The summed E-state index contributed by atoms with van der Waals surface area (Å²) in [6.07, 6.45) is 5.23. The van der Waals surface area contributed by atoms with Crippen molar-refractivity contribution in [1.82, 2.24) is 24.5 Å². The minimum atomic E-state index is -0.479. The highest BCUT2D eigenvalue weighted by Gasteiger charge is 2.20. The third-order valence-electron chi connectivity index (χ3n) is 3.58. The predicted molar refractivity (Wildman–Crippen MR) is 95.8 cm³/mol. The van der Waals surface area contributed by atoms with Crippen molar-refractivity contribution in [3.05, 3.63) is 58.6 Å². The molecule has 0 spiro atoms. The van der Waals surface area contributed by atoms with E-state index in [4.69, 9.17) is 23.2 Å². The van der Waals surface area contributed by atoms with Crippen LogP contribution in [-0.4, -0.2) is 30.5 Å². The monoisotopic (exact) mass is 378 g/mol. The maximum absolute atomic E-state index is 12.4. The van der Waals surface area contributed by atoms with Crippen molar-refractivity contribution in [2.75, 3.05) is 5.32 Å². The van der Waals surface area contributed by atoms with E-state index in [9.17, 15) is 4.79 Å². The lowest BCUT2D eigenvalue weighted by Gasteiger charge is -2.13. The van der Waals surface area contributed by atoms with Gasteiger partial charge in [0.15, 0.2) is 0 Å². The molecule has 0 aliphatic heterocycles. The van der Waals surface area contributed by atoms with Crippen molar-refractivity contribution >= 4 is 35.1 Å². The largest absolute Gasteiger partial charge is 0.291 e. The van der Waals surface area contributed by atoms with Crippen molar-refractivity contribution in [2.24, 2.45) is 0 Å². The summed E-state index contributed by atoms with van der Waals surface area (Å²) in [4.78, 5) is 16.6. The van der Waals surface area contributed by atoms with E-state index < -0.39 is 6.04 Å². The van der Waals surface area contributed by atoms with Crippen LogP contribution in [0.2, 0.25) is 10.0 Å². The van der Waals surface area contributed by atoms with Crippen LogP contribution < -0.4 is 5.32 Å². The molecule has 1 aromatic carbocycles. The van der Waals surface area contributed by atoms with Crippen LogP contribution in [0.4, 0.5) is 5.95 Å². The van der Waals surface area contributed by atoms with Crippen molar-refractivity contribution < 1.29 is 4.79 Å². The fourth-order valence-corrected chi connectivity index (χ4v) is 2.78. The molecule has 2 heterocycles. The van der Waals surface area contributed by atoms with E-state index >= 15 is 0 Å². The van der Waals surface area contributed by atoms with Gasteiger partial charge in [0.05, 0.1) is 17.8 Å². The molecule has 0 bridgehead atoms. The van der Waals surface area contributed by atoms with Gasteiger partial charge in [0, 0.05) is 11.2 Å². The second kappa shape index (κ2) is 7.67. The number of benzene rings is 1. The minimum absolute atomic E-state index is 0.240. The van der Waals surface area contributed by atoms with Crippen LogP contribution in [0.5, 0.6) is 0 Å². The van der Waals surface area contributed by atoms with Crippen LogP contribution in [0, 0.1) is 0 Å². The third kappa shape index (κ3) is 4.37. The molecular formula is C16H16Cl2N6O. The number of carbonyl (C=O) groups excluding carboxylic acids is 1. The molecule has 3 rings (SSSR count). The zero-order chi connectivity index (χ0) is 17.8. The Labute approximate surface area is 154 Å². The molecule has 0 radical (unpaired) electrons. The van der Waals surface area contributed by atoms with E-state index in [0.29, 0.717) is 23.0 Å². The lowest BCUT2D eigenvalue weighted by atomic mass is 10.2. The van der Waals surface area contributed by atoms with Crippen LogP contribution >= 0.6 is 23.2 Å². The number of aromatic nitrogens is 5. The third-order valence-corrected chi connectivity index (χ3v) is 4.01. The van der Waals surface area contributed by atoms with Gasteiger partial charge < -0.3 is 0 Å². The van der Waals surface area contributed by atoms with E-state index in [1.165, 1.54) is 10.9 Å². The molecule has 0 aliphatic carbocycles. The molecule has 0 saturated heterocycles. The summed E-state index contributed by atoms with van der Waals surface area (Å²) in [6, 6.07) is 7.01. The molecule has 0 saturated carbocycles. The lowest BCUT2D eigenvalue weighted by Crippen LogP contribution is -2.26. The number of rotatable bonds is 6. The maximum Gasteiger partial charge on any atom is 0.251 e. The molecule has 1 atom stereocenters. The number of hydrogen-bond donors (Lipinski definition) is 1. The number of nitrogens with one attached hydrogen (secondary N) is 1. The molecule has 1 unspecified atom stereocenters. The number of hydrogen-bond acceptors (Lipinski definition) is 4. The number of amides is 1. The summed E-state index contributed by atoms with van der Waals surface area (Å²) in [7, 11) is 0. The molecule has 9 heteroatoms. The Morgan fingerprint density at radius 3 is 2.84 bits per heavy atom. The zero-order valence-corrected chi connectivity index (χ0v) is 14.9. The Kier molecular flexibility index (Phi) is 5.35. The van der Waals surface area contributed by atoms with Crippen molar-refractivity contribution in [1.29, 1.82) is 0 Å². The molecule has 2 aromatic heterocycles. The maximum atomic E-state index is 12.4. The van der Waals surface area contributed by atoms with Gasteiger partial charge in [0.2, 0.25) is 5.95 Å². The summed E-state index contributed by atoms with van der Waals surface area (Å²) in [6.45, 7) is 2.40. The zero-order valence-electron chi connectivity index (χ0n) is 13.4. The molecule has 1 amide bonds. The van der Waals surface area contributed by atoms with E-state index in [1.54, 1.807) is 17.2 Å². The summed E-state index contributed by atoms with van der Waals surface area (Å²) in [5, 5.41) is 12.2. The average molecular weight is 379 g/mol. The van der Waals surface area contributed by atoms with Crippen LogP contribution in [0.15, 0.2) is 43.0 Å². The Balaban J connectivity index is 1.67. The number of anilines is 1. The van der Waals surface area contributed by atoms with Crippen molar-refractivity contribution in [2.45, 2.75) is 25.9 Å². The van der Waals surface area contributed by atoms with Gasteiger partial charge in [-0.25, -0.2) is 9.67 Å². The molecular weight excluding hydrogens is 363 g/mol. The summed E-state index contributed by atoms with van der Waals surface area (Å²) < 4.78 is 3.16. The average Bonchev–Trinajstić information content (AvgIpc) is 3.17. The lowest BCUT2D eigenvalue weighted by molar-refractivity contribution is -0.119. The highest BCUT2D eigenvalue weighted by atomic mass is 35.5. The Hall–Kier alpha value is -2.38.